The molecule has 3 aromatic heterocycles. The number of esters is 1. The molecule has 5 rings (SSSR count). The molecule has 0 N–H and O–H groups in total. The Morgan fingerprint density at radius 3 is 2.59 bits per heavy atom. The molecule has 0 radical (unpaired) electrons. The van der Waals surface area contributed by atoms with Gasteiger partial charge in [-0.1, -0.05) is 26.6 Å². The third kappa shape index (κ3) is 5.15. The van der Waals surface area contributed by atoms with Gasteiger partial charge in [0, 0.05) is 58.9 Å². The third-order valence-corrected chi connectivity index (χ3v) is 6.26. The van der Waals surface area contributed by atoms with Gasteiger partial charge in [0.05, 0.1) is 1.37 Å². The van der Waals surface area contributed by atoms with Crippen LogP contribution in [0.5, 0.6) is 0 Å². The Bertz CT molecular complexity index is 1990. The zero-order valence-electron chi connectivity index (χ0n) is 38.2. The van der Waals surface area contributed by atoms with Crippen LogP contribution in [0.25, 0.3) is 5.78 Å². The van der Waals surface area contributed by atoms with Crippen molar-refractivity contribution in [2.45, 2.75) is 97.1 Å². The van der Waals surface area contributed by atoms with Crippen LogP contribution in [0.3, 0.4) is 0 Å². The van der Waals surface area contributed by atoms with Crippen molar-refractivity contribution in [1.82, 2.24) is 24.6 Å². The highest BCUT2D eigenvalue weighted by Gasteiger charge is 2.51. The number of carbonyl (C=O) groups excluding carboxylic acids is 2. The molecule has 8 nitrogen and oxygen atoms in total. The number of Topliss-reactive ketones (excluding diaryl/α,β-unsaturated/α-hetero) is 1. The maximum Gasteiger partial charge on any atom is 0.317 e. The highest BCUT2D eigenvalue weighted by molar-refractivity contribution is 6.01. The Balaban J connectivity index is 1.67. The van der Waals surface area contributed by atoms with Crippen LogP contribution in [0, 0.1) is 25.5 Å². The maximum absolute atomic E-state index is 14.2. The summed E-state index contributed by atoms with van der Waals surface area (Å²) in [5, 5.41) is 3.78. The van der Waals surface area contributed by atoms with E-state index in [0.717, 1.165) is 0 Å². The first-order chi connectivity index (χ1) is 24.8. The second-order valence-electron chi connectivity index (χ2n) is 8.76. The van der Waals surface area contributed by atoms with E-state index in [1.807, 2.05) is 13.8 Å². The van der Waals surface area contributed by atoms with Gasteiger partial charge in [0.15, 0.2) is 11.6 Å². The fourth-order valence-corrected chi connectivity index (χ4v) is 4.37. The van der Waals surface area contributed by atoms with Gasteiger partial charge in [0.25, 0.3) is 5.78 Å². The molecule has 1 unspecified atom stereocenters. The molecule has 37 heavy (non-hydrogen) atoms. The van der Waals surface area contributed by atoms with E-state index < -0.39 is 117 Å². The molecular formula is C29H37N5O3. The number of ether oxygens (including phenoxy) is 1. The lowest BCUT2D eigenvalue weighted by Crippen LogP contribution is -2.52. The SMILES string of the molecule is [2H]c1c(C([2H])([2H])[2H])nc2nc(C([2H])([2H])C3C(=O)C[C@](CCc4cc(CC)nc(CC)c4)(C4([2H])C([2H])([2H])C([2H])([2H])C([2H])([2H])C4([2H])[2H])OC3=O)nn2c1C([2H])([2H])[2H]. The summed E-state index contributed by atoms with van der Waals surface area (Å²) >= 11 is 0. The summed E-state index contributed by atoms with van der Waals surface area (Å²) in [6.45, 7) is -2.71. The van der Waals surface area contributed by atoms with E-state index in [0.29, 0.717) is 34.3 Å². The van der Waals surface area contributed by atoms with E-state index in [1.165, 1.54) is 0 Å². The minimum Gasteiger partial charge on any atom is -0.458 e. The van der Waals surface area contributed by atoms with Gasteiger partial charge in [0.1, 0.15) is 11.5 Å². The molecule has 3 aromatic rings. The first-order valence-electron chi connectivity index (χ1n) is 20.8. The van der Waals surface area contributed by atoms with Crippen LogP contribution in [-0.4, -0.2) is 41.9 Å². The Hall–Kier alpha value is -3.16. The van der Waals surface area contributed by atoms with Crippen LogP contribution >= 0.6 is 0 Å². The molecule has 0 amide bonds. The second kappa shape index (κ2) is 10.3. The minimum absolute atomic E-state index is 0.238. The van der Waals surface area contributed by atoms with E-state index in [4.69, 9.17) is 28.0 Å². The smallest absolute Gasteiger partial charge is 0.317 e. The molecule has 0 spiro atoms. The van der Waals surface area contributed by atoms with Crippen molar-refractivity contribution in [3.05, 3.63) is 52.3 Å². The van der Waals surface area contributed by atoms with Crippen LogP contribution in [0.15, 0.2) is 18.2 Å². The monoisotopic (exact) mass is 521 g/mol. The molecule has 8 heteroatoms. The first-order valence-corrected chi connectivity index (χ1v) is 11.8. The number of hydrogen-bond donors (Lipinski definition) is 0. The average molecular weight is 522 g/mol. The zero-order chi connectivity index (χ0) is 41.9. The molecular weight excluding hydrogens is 466 g/mol. The molecule has 1 aliphatic heterocycles. The van der Waals surface area contributed by atoms with Crippen molar-refractivity contribution in [1.29, 1.82) is 0 Å². The lowest BCUT2D eigenvalue weighted by Gasteiger charge is -2.43. The summed E-state index contributed by atoms with van der Waals surface area (Å²) < 4.78 is 157. The molecule has 1 saturated heterocycles. The van der Waals surface area contributed by atoms with Gasteiger partial charge >= 0.3 is 5.97 Å². The topological polar surface area (TPSA) is 99.3 Å². The van der Waals surface area contributed by atoms with Crippen LogP contribution in [0.2, 0.25) is 0 Å². The Kier molecular flexibility index (Phi) is 3.26. The maximum atomic E-state index is 14.2. The first kappa shape index (κ1) is 11.7. The fraction of sp³-hybridized carbons (Fsp3) is 0.586. The highest BCUT2D eigenvalue weighted by atomic mass is 16.6. The van der Waals surface area contributed by atoms with Gasteiger partial charge in [-0.2, -0.15) is 4.98 Å². The number of ketones is 1. The standard InChI is InChI=1S/C29H37N5O3/c1-5-22-14-20(15-23(6-2)31-22)11-12-29(21-9-7-8-10-21)17-25(35)24(27(36)37-29)16-26-32-28-30-18(3)13-19(4)34(28)33-26/h13-15,21,24H,5-12,16-17H2,1-4H3/t24?,29-/m1/s1/i3D3,4D3,7D2,8D2,9D2,10D2,13D,16D2,21D. The fourth-order valence-electron chi connectivity index (χ4n) is 4.37. The molecule has 2 atom stereocenters. The van der Waals surface area contributed by atoms with Crippen molar-refractivity contribution in [2.75, 3.05) is 0 Å². The van der Waals surface area contributed by atoms with E-state index in [9.17, 15) is 11.0 Å². The van der Waals surface area contributed by atoms with Gasteiger partial charge in [-0.05, 0) is 81.8 Å². The summed E-state index contributed by atoms with van der Waals surface area (Å²) in [6, 6.07) is 2.21. The molecule has 0 bridgehead atoms. The van der Waals surface area contributed by atoms with Crippen molar-refractivity contribution < 1.29 is 39.0 Å². The second-order valence-corrected chi connectivity index (χ2v) is 8.76. The number of aromatic nitrogens is 5. The van der Waals surface area contributed by atoms with Crippen LogP contribution < -0.4 is 0 Å². The Labute approximate surface area is 243 Å². The van der Waals surface area contributed by atoms with E-state index in [-0.39, 0.29) is 6.42 Å². The minimum atomic E-state index is -3.80. The quantitative estimate of drug-likeness (QED) is 0.318. The lowest BCUT2D eigenvalue weighted by molar-refractivity contribution is -0.185. The van der Waals surface area contributed by atoms with Gasteiger partial charge in [-0.25, -0.2) is 9.50 Å². The van der Waals surface area contributed by atoms with Crippen LogP contribution in [0.1, 0.15) is 111 Å². The predicted octanol–water partition coefficient (Wildman–Crippen LogP) is 4.50. The number of nitrogens with zero attached hydrogens (tertiary/aromatic N) is 5. The number of fused-ring (bicyclic) bond motifs is 1. The summed E-state index contributed by atoms with van der Waals surface area (Å²) in [4.78, 5) is 40.3. The van der Waals surface area contributed by atoms with Crippen molar-refractivity contribution >= 4 is 17.5 Å². The third-order valence-electron chi connectivity index (χ3n) is 6.26. The Morgan fingerprint density at radius 2 is 1.95 bits per heavy atom. The highest BCUT2D eigenvalue weighted by Crippen LogP contribution is 2.45. The van der Waals surface area contributed by atoms with Gasteiger partial charge in [-0.15, -0.1) is 5.10 Å². The molecule has 2 fully saturated rings. The normalized spacial score (nSPS) is 37.2. The number of carbonyl (C=O) groups is 2. The molecule has 1 saturated carbocycles. The predicted molar refractivity (Wildman–Crippen MR) is 139 cm³/mol. The number of rotatable bonds is 8. The number of aryl methyl sites for hydroxylation is 5. The lowest BCUT2D eigenvalue weighted by atomic mass is 9.73. The molecule has 2 aliphatic rings. The average Bonchev–Trinajstić information content (AvgIpc) is 3.50. The van der Waals surface area contributed by atoms with E-state index >= 15 is 0 Å². The Morgan fingerprint density at radius 1 is 1.19 bits per heavy atom. The molecule has 4 heterocycles. The number of pyridine rings is 1. The molecule has 196 valence electrons. The van der Waals surface area contributed by atoms with Gasteiger partial charge in [-0.3, -0.25) is 14.6 Å². The zero-order valence-corrected chi connectivity index (χ0v) is 20.2. The molecule has 1 aliphatic carbocycles. The summed E-state index contributed by atoms with van der Waals surface area (Å²) in [7, 11) is 0. The van der Waals surface area contributed by atoms with Gasteiger partial charge in [0.2, 0.25) is 0 Å². The van der Waals surface area contributed by atoms with Crippen molar-refractivity contribution in [3.8, 4) is 0 Å². The summed E-state index contributed by atoms with van der Waals surface area (Å²) in [6.07, 6.45) is -19.7. The van der Waals surface area contributed by atoms with Crippen LogP contribution in [-0.2, 0) is 40.0 Å². The van der Waals surface area contributed by atoms with E-state index in [2.05, 4.69) is 20.1 Å². The van der Waals surface area contributed by atoms with E-state index in [1.54, 1.807) is 12.1 Å². The van der Waals surface area contributed by atoms with Crippen molar-refractivity contribution in [2.24, 2.45) is 11.8 Å². The molecule has 0 aromatic carbocycles. The number of hydrogen-bond acceptors (Lipinski definition) is 7. The number of cyclic esters (lactones) is 1. The summed E-state index contributed by atoms with van der Waals surface area (Å²) in [5.41, 5.74) is -3.27. The largest absolute Gasteiger partial charge is 0.458 e. The summed E-state index contributed by atoms with van der Waals surface area (Å²) in [5.74, 6) is -11.3. The van der Waals surface area contributed by atoms with Crippen molar-refractivity contribution in [3.63, 3.8) is 0 Å². The van der Waals surface area contributed by atoms with Gasteiger partial charge < -0.3 is 4.74 Å². The van der Waals surface area contributed by atoms with Crippen LogP contribution in [0.4, 0.5) is 0 Å².